The summed E-state index contributed by atoms with van der Waals surface area (Å²) in [6.07, 6.45) is 7.34. The van der Waals surface area contributed by atoms with E-state index >= 15 is 0 Å². The van der Waals surface area contributed by atoms with E-state index in [1.807, 2.05) is 0 Å². The van der Waals surface area contributed by atoms with Gasteiger partial charge in [-0.1, -0.05) is 60.7 Å². The minimum atomic E-state index is -0.123. The van der Waals surface area contributed by atoms with Gasteiger partial charge >= 0.3 is 6.03 Å². The molecule has 3 aliphatic rings. The molecule has 0 unspecified atom stereocenters. The number of benzene rings is 2. The second kappa shape index (κ2) is 12.9. The second-order valence-corrected chi connectivity index (χ2v) is 11.0. The Morgan fingerprint density at radius 3 is 1.97 bits per heavy atom. The maximum absolute atomic E-state index is 14.2. The highest BCUT2D eigenvalue weighted by Crippen LogP contribution is 2.38. The van der Waals surface area contributed by atoms with Gasteiger partial charge in [0, 0.05) is 20.2 Å². The molecule has 0 spiro atoms. The summed E-state index contributed by atoms with van der Waals surface area (Å²) in [6, 6.07) is 21.4. The van der Waals surface area contributed by atoms with Gasteiger partial charge in [-0.05, 0) is 67.9 Å². The van der Waals surface area contributed by atoms with Crippen LogP contribution in [0.25, 0.3) is 0 Å². The van der Waals surface area contributed by atoms with E-state index in [0.717, 1.165) is 32.4 Å². The zero-order valence-corrected chi connectivity index (χ0v) is 22.2. The molecule has 0 aromatic heterocycles. The van der Waals surface area contributed by atoms with Crippen molar-refractivity contribution in [2.24, 2.45) is 11.8 Å². The average Bonchev–Trinajstić information content (AvgIpc) is 3.86. The molecule has 1 aliphatic heterocycles. The lowest BCUT2D eigenvalue weighted by molar-refractivity contribution is -0.149. The molecular weight excluding hydrogens is 464 g/mol. The quantitative estimate of drug-likeness (QED) is 0.247. The van der Waals surface area contributed by atoms with Crippen molar-refractivity contribution in [1.82, 2.24) is 9.80 Å². The molecule has 0 bridgehead atoms. The molecule has 1 saturated heterocycles. The Morgan fingerprint density at radius 1 is 0.784 bits per heavy atom. The fourth-order valence-electron chi connectivity index (χ4n) is 5.56. The van der Waals surface area contributed by atoms with Crippen LogP contribution in [0, 0.1) is 11.8 Å². The third kappa shape index (κ3) is 7.34. The highest BCUT2D eigenvalue weighted by Gasteiger charge is 2.49. The maximum Gasteiger partial charge on any atom is 0.320 e. The maximum atomic E-state index is 14.2. The van der Waals surface area contributed by atoms with Gasteiger partial charge in [-0.2, -0.15) is 0 Å². The lowest BCUT2D eigenvalue weighted by Crippen LogP contribution is -2.68. The number of hydrogen-bond acceptors (Lipinski definition) is 4. The van der Waals surface area contributed by atoms with Crippen molar-refractivity contribution in [3.05, 3.63) is 71.8 Å². The molecule has 2 saturated carbocycles. The molecule has 2 aliphatic carbocycles. The Balaban J connectivity index is 1.43. The van der Waals surface area contributed by atoms with Gasteiger partial charge in [0.2, 0.25) is 0 Å². The second-order valence-electron chi connectivity index (χ2n) is 11.0. The van der Waals surface area contributed by atoms with Crippen LogP contribution in [0.4, 0.5) is 4.79 Å². The number of nitrogens with zero attached hydrogens (tertiary/aromatic N) is 2. The van der Waals surface area contributed by atoms with Crippen LogP contribution in [0.3, 0.4) is 0 Å². The van der Waals surface area contributed by atoms with E-state index in [9.17, 15) is 4.79 Å². The molecule has 6 heteroatoms. The van der Waals surface area contributed by atoms with E-state index < -0.39 is 0 Å². The number of rotatable bonds is 15. The van der Waals surface area contributed by atoms with Crippen LogP contribution < -0.4 is 0 Å². The van der Waals surface area contributed by atoms with Crippen LogP contribution in [0.5, 0.6) is 0 Å². The number of hydrogen-bond donors (Lipinski definition) is 0. The standard InChI is InChI=1S/C31H42N2O4/c1-35-18-19-36-23-37-30-28(17-16-24-8-4-2-5-9-24)32(21-26-12-13-26)31(34)33(22-27-14-15-27)29(30)20-25-10-6-3-7-11-25/h2-11,26-30H,12-23H2,1H3/t28-,29-,30-/m1/s1. The van der Waals surface area contributed by atoms with Crippen molar-refractivity contribution in [3.8, 4) is 0 Å². The Hall–Kier alpha value is -2.41. The largest absolute Gasteiger partial charge is 0.382 e. The number of urea groups is 1. The average molecular weight is 507 g/mol. The van der Waals surface area contributed by atoms with E-state index in [4.69, 9.17) is 14.2 Å². The van der Waals surface area contributed by atoms with Crippen LogP contribution >= 0.6 is 0 Å². The van der Waals surface area contributed by atoms with Crippen molar-refractivity contribution in [2.45, 2.75) is 63.1 Å². The van der Waals surface area contributed by atoms with Gasteiger partial charge in [-0.15, -0.1) is 0 Å². The molecule has 6 nitrogen and oxygen atoms in total. The summed E-state index contributed by atoms with van der Waals surface area (Å²) < 4.78 is 17.6. The van der Waals surface area contributed by atoms with Gasteiger partial charge in [0.15, 0.2) is 0 Å². The first-order chi connectivity index (χ1) is 18.2. The summed E-state index contributed by atoms with van der Waals surface area (Å²) in [5.41, 5.74) is 2.55. The van der Waals surface area contributed by atoms with Gasteiger partial charge < -0.3 is 24.0 Å². The molecule has 2 aromatic carbocycles. The lowest BCUT2D eigenvalue weighted by Gasteiger charge is -2.51. The first-order valence-electron chi connectivity index (χ1n) is 14.1. The van der Waals surface area contributed by atoms with Gasteiger partial charge in [0.25, 0.3) is 0 Å². The minimum absolute atomic E-state index is 0.0160. The number of aryl methyl sites for hydroxylation is 1. The normalized spacial score (nSPS) is 24.0. The minimum Gasteiger partial charge on any atom is -0.382 e. The van der Waals surface area contributed by atoms with E-state index in [2.05, 4.69) is 70.5 Å². The van der Waals surface area contributed by atoms with E-state index in [1.54, 1.807) is 7.11 Å². The van der Waals surface area contributed by atoms with Gasteiger partial charge in [-0.3, -0.25) is 0 Å². The molecular formula is C31H42N2O4. The predicted molar refractivity (Wildman–Crippen MR) is 144 cm³/mol. The van der Waals surface area contributed by atoms with Crippen molar-refractivity contribution in [3.63, 3.8) is 0 Å². The van der Waals surface area contributed by atoms with Crippen LogP contribution in [0.15, 0.2) is 60.7 Å². The summed E-state index contributed by atoms with van der Waals surface area (Å²) in [4.78, 5) is 18.5. The Morgan fingerprint density at radius 2 is 1.38 bits per heavy atom. The highest BCUT2D eigenvalue weighted by atomic mass is 16.7. The van der Waals surface area contributed by atoms with Gasteiger partial charge in [0.1, 0.15) is 12.9 Å². The first kappa shape index (κ1) is 26.2. The smallest absolute Gasteiger partial charge is 0.320 e. The molecule has 2 aromatic rings. The van der Waals surface area contributed by atoms with Crippen molar-refractivity contribution >= 4 is 6.03 Å². The molecule has 0 N–H and O–H groups in total. The predicted octanol–water partition coefficient (Wildman–Crippen LogP) is 5.16. The summed E-state index contributed by atoms with van der Waals surface area (Å²) in [6.45, 7) is 2.91. The summed E-state index contributed by atoms with van der Waals surface area (Å²) in [5.74, 6) is 1.24. The number of amides is 2. The Labute approximate surface area is 221 Å². The molecule has 37 heavy (non-hydrogen) atoms. The zero-order valence-electron chi connectivity index (χ0n) is 22.2. The zero-order chi connectivity index (χ0) is 25.5. The number of methoxy groups -OCH3 is 1. The summed E-state index contributed by atoms with van der Waals surface area (Å²) >= 11 is 0. The molecule has 2 amide bonds. The van der Waals surface area contributed by atoms with Gasteiger partial charge in [0.05, 0.1) is 25.3 Å². The molecule has 3 fully saturated rings. The monoisotopic (exact) mass is 506 g/mol. The lowest BCUT2D eigenvalue weighted by atomic mass is 9.88. The van der Waals surface area contributed by atoms with Gasteiger partial charge in [-0.25, -0.2) is 4.79 Å². The highest BCUT2D eigenvalue weighted by molar-refractivity contribution is 5.77. The van der Waals surface area contributed by atoms with E-state index in [1.165, 1.54) is 36.8 Å². The SMILES string of the molecule is COCCOCO[C@@H]1[C@@H](CCc2ccccc2)N(CC2CC2)C(=O)N(CC2CC2)[C@@H]1Cc1ccccc1. The fourth-order valence-corrected chi connectivity index (χ4v) is 5.56. The third-order valence-electron chi connectivity index (χ3n) is 7.99. The topological polar surface area (TPSA) is 51.2 Å². The number of carbonyl (C=O) groups is 1. The number of carbonyl (C=O) groups excluding carboxylic acids is 1. The van der Waals surface area contributed by atoms with Crippen LogP contribution in [0.1, 0.15) is 43.2 Å². The molecule has 1 heterocycles. The van der Waals surface area contributed by atoms with Crippen LogP contribution in [0.2, 0.25) is 0 Å². The van der Waals surface area contributed by atoms with Crippen molar-refractivity contribution in [1.29, 1.82) is 0 Å². The Kier molecular flexibility index (Phi) is 9.14. The summed E-state index contributed by atoms with van der Waals surface area (Å²) in [7, 11) is 1.68. The fraction of sp³-hybridized carbons (Fsp3) is 0.581. The molecule has 0 radical (unpaired) electrons. The van der Waals surface area contributed by atoms with Crippen molar-refractivity contribution < 1.29 is 19.0 Å². The number of ether oxygens (including phenoxy) is 3. The van der Waals surface area contributed by atoms with Crippen LogP contribution in [-0.2, 0) is 27.1 Å². The van der Waals surface area contributed by atoms with E-state index in [-0.39, 0.29) is 31.0 Å². The third-order valence-corrected chi connectivity index (χ3v) is 7.99. The summed E-state index contributed by atoms with van der Waals surface area (Å²) in [5, 5.41) is 0. The van der Waals surface area contributed by atoms with E-state index in [0.29, 0.717) is 25.0 Å². The molecule has 3 atom stereocenters. The van der Waals surface area contributed by atoms with Crippen molar-refractivity contribution in [2.75, 3.05) is 40.2 Å². The Bertz CT molecular complexity index is 964. The molecule has 200 valence electrons. The first-order valence-corrected chi connectivity index (χ1v) is 14.1. The molecule has 5 rings (SSSR count). The van der Waals surface area contributed by atoms with Crippen LogP contribution in [-0.4, -0.2) is 74.2 Å².